The van der Waals surface area contributed by atoms with Gasteiger partial charge in [0.15, 0.2) is 0 Å². The molecule has 0 aromatic heterocycles. The quantitative estimate of drug-likeness (QED) is 0.753. The van der Waals surface area contributed by atoms with Crippen molar-refractivity contribution in [3.63, 3.8) is 0 Å². The topological polar surface area (TPSA) is 24.1 Å². The summed E-state index contributed by atoms with van der Waals surface area (Å²) < 4.78 is 0. The molecule has 1 aliphatic heterocycles. The summed E-state index contributed by atoms with van der Waals surface area (Å²) in [4.78, 5) is 0. The highest BCUT2D eigenvalue weighted by Crippen LogP contribution is 2.29. The highest BCUT2D eigenvalue weighted by atomic mass is 15.0. The lowest BCUT2D eigenvalue weighted by molar-refractivity contribution is 0.174. The maximum atomic E-state index is 3.65. The van der Waals surface area contributed by atoms with Gasteiger partial charge in [-0.25, -0.2) is 0 Å². The summed E-state index contributed by atoms with van der Waals surface area (Å²) in [6, 6.07) is 0.639. The third-order valence-electron chi connectivity index (χ3n) is 4.28. The molecule has 1 aliphatic rings. The zero-order valence-electron chi connectivity index (χ0n) is 11.8. The summed E-state index contributed by atoms with van der Waals surface area (Å²) in [5.41, 5.74) is 0.451. The molecule has 1 saturated heterocycles. The monoisotopic (exact) mass is 226 g/mol. The van der Waals surface area contributed by atoms with Crippen molar-refractivity contribution in [1.82, 2.24) is 10.6 Å². The van der Waals surface area contributed by atoms with Gasteiger partial charge in [-0.1, -0.05) is 34.6 Å². The van der Waals surface area contributed by atoms with E-state index < -0.39 is 0 Å². The Labute approximate surface area is 102 Å². The van der Waals surface area contributed by atoms with Crippen molar-refractivity contribution in [2.75, 3.05) is 19.6 Å². The minimum atomic E-state index is 0.451. The second kappa shape index (κ2) is 6.02. The van der Waals surface area contributed by atoms with Gasteiger partial charge in [-0.2, -0.15) is 0 Å². The van der Waals surface area contributed by atoms with E-state index in [2.05, 4.69) is 45.3 Å². The predicted molar refractivity (Wildman–Crippen MR) is 71.7 cm³/mol. The smallest absolute Gasteiger partial charge is 0.0243 e. The SMILES string of the molecule is CC(C)C(C)CNCC1NCCCC1(C)C. The summed E-state index contributed by atoms with van der Waals surface area (Å²) >= 11 is 0. The number of piperidine rings is 1. The molecule has 2 atom stereocenters. The van der Waals surface area contributed by atoms with Crippen molar-refractivity contribution in [3.8, 4) is 0 Å². The van der Waals surface area contributed by atoms with E-state index in [9.17, 15) is 0 Å². The van der Waals surface area contributed by atoms with E-state index in [4.69, 9.17) is 0 Å². The van der Waals surface area contributed by atoms with Crippen LogP contribution in [0.3, 0.4) is 0 Å². The van der Waals surface area contributed by atoms with Crippen molar-refractivity contribution in [2.24, 2.45) is 17.3 Å². The molecule has 96 valence electrons. The van der Waals surface area contributed by atoms with E-state index in [1.807, 2.05) is 0 Å². The standard InChI is InChI=1S/C14H30N2/c1-11(2)12(3)9-15-10-13-14(4,5)7-6-8-16-13/h11-13,15-16H,6-10H2,1-5H3. The maximum Gasteiger partial charge on any atom is 0.0243 e. The molecule has 0 aromatic rings. The van der Waals surface area contributed by atoms with Crippen LogP contribution in [0.25, 0.3) is 0 Å². The van der Waals surface area contributed by atoms with E-state index in [1.165, 1.54) is 19.4 Å². The van der Waals surface area contributed by atoms with Crippen molar-refractivity contribution >= 4 is 0 Å². The summed E-state index contributed by atoms with van der Waals surface area (Å²) in [5.74, 6) is 1.55. The van der Waals surface area contributed by atoms with Crippen LogP contribution in [-0.4, -0.2) is 25.7 Å². The number of rotatable bonds is 5. The first-order valence-corrected chi connectivity index (χ1v) is 6.87. The fraction of sp³-hybridized carbons (Fsp3) is 1.00. The molecule has 1 fully saturated rings. The average Bonchev–Trinajstić information content (AvgIpc) is 2.19. The lowest BCUT2D eigenvalue weighted by atomic mass is 9.77. The molecule has 1 heterocycles. The molecular weight excluding hydrogens is 196 g/mol. The van der Waals surface area contributed by atoms with Gasteiger partial charge >= 0.3 is 0 Å². The maximum absolute atomic E-state index is 3.65. The minimum Gasteiger partial charge on any atom is -0.315 e. The molecule has 2 N–H and O–H groups in total. The van der Waals surface area contributed by atoms with E-state index in [0.29, 0.717) is 11.5 Å². The van der Waals surface area contributed by atoms with Crippen molar-refractivity contribution < 1.29 is 0 Å². The van der Waals surface area contributed by atoms with Crippen LogP contribution in [0.15, 0.2) is 0 Å². The third-order valence-corrected chi connectivity index (χ3v) is 4.28. The zero-order chi connectivity index (χ0) is 12.2. The highest BCUT2D eigenvalue weighted by molar-refractivity contribution is 4.89. The van der Waals surface area contributed by atoms with Crippen LogP contribution in [0, 0.1) is 17.3 Å². The Bertz CT molecular complexity index is 199. The lowest BCUT2D eigenvalue weighted by Gasteiger charge is -2.40. The van der Waals surface area contributed by atoms with E-state index in [0.717, 1.165) is 24.9 Å². The van der Waals surface area contributed by atoms with E-state index in [1.54, 1.807) is 0 Å². The lowest BCUT2D eigenvalue weighted by Crippen LogP contribution is -2.52. The molecule has 0 aromatic carbocycles. The van der Waals surface area contributed by atoms with Crippen molar-refractivity contribution in [2.45, 2.75) is 53.5 Å². The fourth-order valence-corrected chi connectivity index (χ4v) is 2.31. The predicted octanol–water partition coefficient (Wildman–Crippen LogP) is 2.65. The van der Waals surface area contributed by atoms with Crippen LogP contribution in [0.1, 0.15) is 47.5 Å². The normalized spacial score (nSPS) is 27.0. The molecule has 0 saturated carbocycles. The van der Waals surface area contributed by atoms with Crippen molar-refractivity contribution in [1.29, 1.82) is 0 Å². The molecule has 2 nitrogen and oxygen atoms in total. The van der Waals surface area contributed by atoms with Gasteiger partial charge < -0.3 is 10.6 Å². The fourth-order valence-electron chi connectivity index (χ4n) is 2.31. The molecule has 0 amide bonds. The van der Waals surface area contributed by atoms with E-state index in [-0.39, 0.29) is 0 Å². The average molecular weight is 226 g/mol. The minimum absolute atomic E-state index is 0.451. The molecule has 0 bridgehead atoms. The number of hydrogen-bond acceptors (Lipinski definition) is 2. The Balaban J connectivity index is 2.26. The molecule has 0 aliphatic carbocycles. The van der Waals surface area contributed by atoms with Crippen LogP contribution in [0.5, 0.6) is 0 Å². The first-order chi connectivity index (χ1) is 7.43. The largest absolute Gasteiger partial charge is 0.315 e. The zero-order valence-corrected chi connectivity index (χ0v) is 11.8. The van der Waals surface area contributed by atoms with Gasteiger partial charge in [-0.15, -0.1) is 0 Å². The molecule has 1 rings (SSSR count). The Kier molecular flexibility index (Phi) is 5.26. The second-order valence-electron chi connectivity index (χ2n) is 6.48. The Morgan fingerprint density at radius 1 is 1.31 bits per heavy atom. The molecule has 16 heavy (non-hydrogen) atoms. The van der Waals surface area contributed by atoms with Gasteiger partial charge in [0.05, 0.1) is 0 Å². The molecule has 0 radical (unpaired) electrons. The summed E-state index contributed by atoms with van der Waals surface area (Å²) in [5, 5.41) is 7.28. The Hall–Kier alpha value is -0.0800. The van der Waals surface area contributed by atoms with Gasteiger partial charge in [0.2, 0.25) is 0 Å². The number of nitrogens with one attached hydrogen (secondary N) is 2. The van der Waals surface area contributed by atoms with Crippen molar-refractivity contribution in [3.05, 3.63) is 0 Å². The summed E-state index contributed by atoms with van der Waals surface area (Å²) in [6.07, 6.45) is 2.68. The van der Waals surface area contributed by atoms with Crippen LogP contribution < -0.4 is 10.6 Å². The molecular formula is C14H30N2. The first-order valence-electron chi connectivity index (χ1n) is 6.87. The molecule has 0 spiro atoms. The van der Waals surface area contributed by atoms with Gasteiger partial charge in [-0.3, -0.25) is 0 Å². The van der Waals surface area contributed by atoms with Gasteiger partial charge in [0.25, 0.3) is 0 Å². The number of hydrogen-bond donors (Lipinski definition) is 2. The van der Waals surface area contributed by atoms with E-state index >= 15 is 0 Å². The van der Waals surface area contributed by atoms with Crippen LogP contribution in [0.4, 0.5) is 0 Å². The molecule has 2 heteroatoms. The van der Waals surface area contributed by atoms with Gasteiger partial charge in [0.1, 0.15) is 0 Å². The Morgan fingerprint density at radius 2 is 2.00 bits per heavy atom. The highest BCUT2D eigenvalue weighted by Gasteiger charge is 2.31. The van der Waals surface area contributed by atoms with Crippen LogP contribution in [0.2, 0.25) is 0 Å². The van der Waals surface area contributed by atoms with Gasteiger partial charge in [-0.05, 0) is 43.2 Å². The summed E-state index contributed by atoms with van der Waals surface area (Å²) in [6.45, 7) is 15.2. The van der Waals surface area contributed by atoms with Crippen LogP contribution in [-0.2, 0) is 0 Å². The van der Waals surface area contributed by atoms with Crippen LogP contribution >= 0.6 is 0 Å². The molecule has 2 unspecified atom stereocenters. The van der Waals surface area contributed by atoms with Gasteiger partial charge in [0, 0.05) is 12.6 Å². The first kappa shape index (κ1) is 14.0. The second-order valence-corrected chi connectivity index (χ2v) is 6.48. The Morgan fingerprint density at radius 3 is 2.56 bits per heavy atom. The third kappa shape index (κ3) is 4.06. The summed E-state index contributed by atoms with van der Waals surface area (Å²) in [7, 11) is 0.